The van der Waals surface area contributed by atoms with Gasteiger partial charge in [0.15, 0.2) is 11.6 Å². The highest BCUT2D eigenvalue weighted by molar-refractivity contribution is 6.31. The maximum atomic E-state index is 13.9. The Labute approximate surface area is 130 Å². The average molecular weight is 326 g/mol. The SMILES string of the molecule is O=C(c1cc2cc(Cl)c(F)c(F)c2[nH]1)N1C[C@H]2CNC[C@H]2C1. The van der Waals surface area contributed by atoms with Gasteiger partial charge in [0, 0.05) is 31.6 Å². The molecule has 116 valence electrons. The van der Waals surface area contributed by atoms with Crippen LogP contribution in [0.3, 0.4) is 0 Å². The molecule has 1 amide bonds. The molecule has 0 bridgehead atoms. The Morgan fingerprint density at radius 2 is 1.86 bits per heavy atom. The predicted octanol–water partition coefficient (Wildman–Crippen LogP) is 2.39. The van der Waals surface area contributed by atoms with Crippen LogP contribution < -0.4 is 5.32 Å². The lowest BCUT2D eigenvalue weighted by molar-refractivity contribution is 0.0777. The molecule has 3 heterocycles. The van der Waals surface area contributed by atoms with Gasteiger partial charge in [-0.3, -0.25) is 4.79 Å². The Morgan fingerprint density at radius 1 is 1.18 bits per heavy atom. The zero-order chi connectivity index (χ0) is 15.4. The van der Waals surface area contributed by atoms with Crippen LogP contribution in [-0.4, -0.2) is 42.0 Å². The minimum Gasteiger partial charge on any atom is -0.348 e. The lowest BCUT2D eigenvalue weighted by atomic mass is 10.0. The minimum atomic E-state index is -1.10. The monoisotopic (exact) mass is 325 g/mol. The van der Waals surface area contributed by atoms with Crippen molar-refractivity contribution in [2.24, 2.45) is 11.8 Å². The Hall–Kier alpha value is -1.66. The number of hydrogen-bond acceptors (Lipinski definition) is 2. The fourth-order valence-electron chi connectivity index (χ4n) is 3.49. The molecule has 0 saturated carbocycles. The van der Waals surface area contributed by atoms with Crippen molar-refractivity contribution in [1.82, 2.24) is 15.2 Å². The van der Waals surface area contributed by atoms with E-state index in [0.29, 0.717) is 30.3 Å². The summed E-state index contributed by atoms with van der Waals surface area (Å²) in [6.07, 6.45) is 0. The largest absolute Gasteiger partial charge is 0.348 e. The van der Waals surface area contributed by atoms with Crippen molar-refractivity contribution in [3.05, 3.63) is 34.5 Å². The molecule has 1 aromatic carbocycles. The summed E-state index contributed by atoms with van der Waals surface area (Å²) in [5.74, 6) is -1.36. The third-order valence-corrected chi connectivity index (χ3v) is 4.93. The van der Waals surface area contributed by atoms with E-state index in [2.05, 4.69) is 10.3 Å². The number of hydrogen-bond donors (Lipinski definition) is 2. The highest BCUT2D eigenvalue weighted by atomic mass is 35.5. The highest BCUT2D eigenvalue weighted by Crippen LogP contribution is 2.30. The summed E-state index contributed by atoms with van der Waals surface area (Å²) in [6, 6.07) is 2.85. The second kappa shape index (κ2) is 4.93. The van der Waals surface area contributed by atoms with Crippen LogP contribution in [0, 0.1) is 23.5 Å². The van der Waals surface area contributed by atoms with Gasteiger partial charge in [-0.05, 0) is 24.0 Å². The van der Waals surface area contributed by atoms with Gasteiger partial charge in [-0.25, -0.2) is 8.78 Å². The molecule has 2 aromatic rings. The molecule has 2 aliphatic rings. The van der Waals surface area contributed by atoms with Crippen molar-refractivity contribution in [3.8, 4) is 0 Å². The molecule has 1 aromatic heterocycles. The number of rotatable bonds is 1. The summed E-state index contributed by atoms with van der Waals surface area (Å²) in [5.41, 5.74) is 0.245. The number of benzene rings is 1. The number of nitrogens with one attached hydrogen (secondary N) is 2. The van der Waals surface area contributed by atoms with E-state index in [1.54, 1.807) is 4.90 Å². The van der Waals surface area contributed by atoms with Crippen molar-refractivity contribution in [3.63, 3.8) is 0 Å². The van der Waals surface area contributed by atoms with Gasteiger partial charge < -0.3 is 15.2 Å². The first-order valence-corrected chi connectivity index (χ1v) is 7.58. The Kier molecular flexibility index (Phi) is 3.13. The number of amides is 1. The van der Waals surface area contributed by atoms with E-state index in [4.69, 9.17) is 11.6 Å². The molecule has 7 heteroatoms. The van der Waals surface area contributed by atoms with Gasteiger partial charge in [0.05, 0.1) is 10.5 Å². The molecule has 0 unspecified atom stereocenters. The quantitative estimate of drug-likeness (QED) is 0.791. The number of carbonyl (C=O) groups excluding carboxylic acids is 1. The van der Waals surface area contributed by atoms with Crippen LogP contribution in [0.5, 0.6) is 0 Å². The van der Waals surface area contributed by atoms with Crippen molar-refractivity contribution in [2.75, 3.05) is 26.2 Å². The van der Waals surface area contributed by atoms with E-state index in [-0.39, 0.29) is 22.1 Å². The molecule has 22 heavy (non-hydrogen) atoms. The normalized spacial score (nSPS) is 24.2. The molecule has 2 atom stereocenters. The van der Waals surface area contributed by atoms with Crippen LogP contribution in [0.25, 0.3) is 10.9 Å². The van der Waals surface area contributed by atoms with Gasteiger partial charge in [-0.15, -0.1) is 0 Å². The third kappa shape index (κ3) is 2.01. The number of fused-ring (bicyclic) bond motifs is 2. The number of H-pyrrole nitrogens is 1. The van der Waals surface area contributed by atoms with Crippen molar-refractivity contribution in [1.29, 1.82) is 0 Å². The molecule has 0 radical (unpaired) electrons. The summed E-state index contributed by atoms with van der Waals surface area (Å²) < 4.78 is 27.4. The summed E-state index contributed by atoms with van der Waals surface area (Å²) >= 11 is 5.64. The van der Waals surface area contributed by atoms with Crippen LogP contribution in [0.1, 0.15) is 10.5 Å². The van der Waals surface area contributed by atoms with Gasteiger partial charge in [-0.1, -0.05) is 11.6 Å². The van der Waals surface area contributed by atoms with Gasteiger partial charge in [0.1, 0.15) is 5.69 Å². The van der Waals surface area contributed by atoms with Crippen LogP contribution in [-0.2, 0) is 0 Å². The zero-order valence-electron chi connectivity index (χ0n) is 11.6. The van der Waals surface area contributed by atoms with Crippen LogP contribution in [0.2, 0.25) is 5.02 Å². The molecular weight excluding hydrogens is 312 g/mol. The Morgan fingerprint density at radius 3 is 2.55 bits per heavy atom. The molecule has 4 rings (SSSR count). The Balaban J connectivity index is 1.66. The molecule has 2 saturated heterocycles. The standard InChI is InChI=1S/C15H14ClF2N3O/c16-10-1-7-2-11(20-14(7)13(18)12(10)17)15(22)21-5-8-3-19-4-9(8)6-21/h1-2,8-9,19-20H,3-6H2/t8-,9+. The van der Waals surface area contributed by atoms with Crippen molar-refractivity contribution < 1.29 is 13.6 Å². The fraction of sp³-hybridized carbons (Fsp3) is 0.400. The molecule has 4 nitrogen and oxygen atoms in total. The van der Waals surface area contributed by atoms with Crippen molar-refractivity contribution in [2.45, 2.75) is 0 Å². The van der Waals surface area contributed by atoms with E-state index in [0.717, 1.165) is 13.1 Å². The predicted molar refractivity (Wildman–Crippen MR) is 79.0 cm³/mol. The Bertz CT molecular complexity index is 764. The smallest absolute Gasteiger partial charge is 0.270 e. The van der Waals surface area contributed by atoms with E-state index < -0.39 is 11.6 Å². The molecular formula is C15H14ClF2N3O. The molecule has 2 aliphatic heterocycles. The van der Waals surface area contributed by atoms with E-state index >= 15 is 0 Å². The first-order chi connectivity index (χ1) is 10.5. The second-order valence-corrected chi connectivity index (χ2v) is 6.43. The van der Waals surface area contributed by atoms with Crippen LogP contribution in [0.15, 0.2) is 12.1 Å². The number of carbonyl (C=O) groups is 1. The van der Waals surface area contributed by atoms with E-state index in [1.165, 1.54) is 12.1 Å². The van der Waals surface area contributed by atoms with Gasteiger partial charge >= 0.3 is 0 Å². The summed E-state index contributed by atoms with van der Waals surface area (Å²) in [5, 5.41) is 3.42. The maximum Gasteiger partial charge on any atom is 0.270 e. The minimum absolute atomic E-state index is 0.0219. The lowest BCUT2D eigenvalue weighted by Crippen LogP contribution is -2.32. The van der Waals surface area contributed by atoms with E-state index in [9.17, 15) is 13.6 Å². The highest BCUT2D eigenvalue weighted by Gasteiger charge is 2.38. The fourth-order valence-corrected chi connectivity index (χ4v) is 3.69. The number of likely N-dealkylation sites (tertiary alicyclic amines) is 1. The van der Waals surface area contributed by atoms with Gasteiger partial charge in [-0.2, -0.15) is 0 Å². The van der Waals surface area contributed by atoms with Crippen molar-refractivity contribution >= 4 is 28.4 Å². The number of nitrogens with zero attached hydrogens (tertiary/aromatic N) is 1. The number of halogens is 3. The molecule has 2 fully saturated rings. The zero-order valence-corrected chi connectivity index (χ0v) is 12.4. The van der Waals surface area contributed by atoms with Gasteiger partial charge in [0.25, 0.3) is 5.91 Å². The summed E-state index contributed by atoms with van der Waals surface area (Å²) in [4.78, 5) is 17.0. The summed E-state index contributed by atoms with van der Waals surface area (Å²) in [6.45, 7) is 3.25. The molecule has 2 N–H and O–H groups in total. The third-order valence-electron chi connectivity index (χ3n) is 4.66. The topological polar surface area (TPSA) is 48.1 Å². The van der Waals surface area contributed by atoms with Crippen LogP contribution in [0.4, 0.5) is 8.78 Å². The van der Waals surface area contributed by atoms with E-state index in [1.807, 2.05) is 0 Å². The van der Waals surface area contributed by atoms with Crippen LogP contribution >= 0.6 is 11.6 Å². The summed E-state index contributed by atoms with van der Waals surface area (Å²) in [7, 11) is 0. The maximum absolute atomic E-state index is 13.9. The molecule has 0 spiro atoms. The molecule has 0 aliphatic carbocycles. The second-order valence-electron chi connectivity index (χ2n) is 6.02. The first kappa shape index (κ1) is 14.0. The number of aromatic nitrogens is 1. The number of aromatic amines is 1. The first-order valence-electron chi connectivity index (χ1n) is 7.21. The lowest BCUT2D eigenvalue weighted by Gasteiger charge is -2.16. The van der Waals surface area contributed by atoms with Gasteiger partial charge in [0.2, 0.25) is 0 Å². The average Bonchev–Trinajstić information content (AvgIpc) is 3.17.